The second-order valence-corrected chi connectivity index (χ2v) is 15.1. The molecule has 266 valence electrons. The van der Waals surface area contributed by atoms with Gasteiger partial charge in [-0.15, -0.1) is 0 Å². The largest absolute Gasteiger partial charge is 0.493 e. The quantitative estimate of drug-likeness (QED) is 0.114. The Hall–Kier alpha value is -4.32. The number of rotatable bonds is 14. The smallest absolute Gasteiger partial charge is 0.230 e. The number of methoxy groups -OCH3 is 1. The fraction of sp³-hybridized carbons (Fsp3) is 0.514. The van der Waals surface area contributed by atoms with Gasteiger partial charge in [0.1, 0.15) is 23.8 Å². The Kier molecular flexibility index (Phi) is 11.5. The predicted molar refractivity (Wildman–Crippen MR) is 190 cm³/mol. The number of halogens is 2. The summed E-state index contributed by atoms with van der Waals surface area (Å²) in [6, 6.07) is 8.15. The molecule has 1 amide bonds. The first kappa shape index (κ1) is 37.5. The molecule has 49 heavy (non-hydrogen) atoms. The van der Waals surface area contributed by atoms with Crippen LogP contribution in [0.2, 0.25) is 0 Å². The highest BCUT2D eigenvalue weighted by atomic mass is 19.1. The molecule has 0 aliphatic carbocycles. The lowest BCUT2D eigenvalue weighted by Crippen LogP contribution is -2.63. The van der Waals surface area contributed by atoms with Crippen molar-refractivity contribution in [2.45, 2.75) is 80.7 Å². The number of aromatic nitrogens is 4. The fourth-order valence-electron chi connectivity index (χ4n) is 6.53. The first-order valence-corrected chi connectivity index (χ1v) is 16.7. The van der Waals surface area contributed by atoms with E-state index in [4.69, 9.17) is 9.47 Å². The standard InChI is InChI=1S/C37H51F2N7O3/c1-23(2)21-46(37(9,35(3,4)5)36(6,7)8)12-11-13-49-31-20-29-28(19-30(31)48-10)34(41-22-40-29)43-32-17-27(44-45-32)18-33(47)42-26-15-24(38)14-25(39)16-26/h14-17,19-20,22-23H,11-13,18,21H2,1-10H3,(H,42,47)(H2,40,41,43,44,45). The van der Waals surface area contributed by atoms with Crippen LogP contribution in [0.15, 0.2) is 42.7 Å². The molecule has 0 aliphatic rings. The topological polar surface area (TPSA) is 117 Å². The lowest BCUT2D eigenvalue weighted by Gasteiger charge is -2.58. The number of nitrogens with zero attached hydrogens (tertiary/aromatic N) is 4. The third kappa shape index (κ3) is 9.03. The van der Waals surface area contributed by atoms with Gasteiger partial charge in [-0.25, -0.2) is 18.7 Å². The summed E-state index contributed by atoms with van der Waals surface area (Å²) in [5.41, 5.74) is 1.25. The number of aromatic amines is 1. The lowest BCUT2D eigenvalue weighted by molar-refractivity contribution is -0.115. The normalized spacial score (nSPS) is 12.5. The van der Waals surface area contributed by atoms with E-state index in [1.807, 2.05) is 12.1 Å². The number of ether oxygens (including phenoxy) is 2. The summed E-state index contributed by atoms with van der Waals surface area (Å²) in [4.78, 5) is 24.0. The predicted octanol–water partition coefficient (Wildman–Crippen LogP) is 8.14. The zero-order chi connectivity index (χ0) is 36.1. The van der Waals surface area contributed by atoms with Gasteiger partial charge in [0.2, 0.25) is 5.91 Å². The number of H-pyrrole nitrogens is 1. The van der Waals surface area contributed by atoms with E-state index in [2.05, 4.69) is 98.0 Å². The highest BCUT2D eigenvalue weighted by Gasteiger charge is 2.50. The molecule has 0 radical (unpaired) electrons. The molecule has 0 spiro atoms. The Bertz CT molecular complexity index is 1710. The van der Waals surface area contributed by atoms with Gasteiger partial charge in [-0.05, 0) is 48.3 Å². The fourth-order valence-corrected chi connectivity index (χ4v) is 6.53. The first-order chi connectivity index (χ1) is 22.9. The van der Waals surface area contributed by atoms with Crippen LogP contribution < -0.4 is 20.1 Å². The summed E-state index contributed by atoms with van der Waals surface area (Å²) in [5, 5.41) is 13.4. The summed E-state index contributed by atoms with van der Waals surface area (Å²) in [5.74, 6) is 0.555. The minimum atomic E-state index is -0.778. The van der Waals surface area contributed by atoms with Crippen LogP contribution >= 0.6 is 0 Å². The monoisotopic (exact) mass is 679 g/mol. The average Bonchev–Trinajstić information content (AvgIpc) is 3.42. The molecule has 2 heterocycles. The van der Waals surface area contributed by atoms with Crippen LogP contribution in [0.5, 0.6) is 11.5 Å². The maximum absolute atomic E-state index is 13.5. The van der Waals surface area contributed by atoms with Crippen LogP contribution in [0.25, 0.3) is 10.9 Å². The molecule has 10 nitrogen and oxygen atoms in total. The van der Waals surface area contributed by atoms with E-state index < -0.39 is 17.5 Å². The molecule has 12 heteroatoms. The summed E-state index contributed by atoms with van der Waals surface area (Å²) in [7, 11) is 1.59. The molecule has 0 fully saturated rings. The molecule has 3 N–H and O–H groups in total. The van der Waals surface area contributed by atoms with E-state index in [9.17, 15) is 13.6 Å². The molecule has 4 rings (SSSR count). The zero-order valence-corrected chi connectivity index (χ0v) is 30.4. The summed E-state index contributed by atoms with van der Waals surface area (Å²) < 4.78 is 39.0. The van der Waals surface area contributed by atoms with Gasteiger partial charge in [-0.2, -0.15) is 5.10 Å². The second kappa shape index (κ2) is 15.1. The molecular weight excluding hydrogens is 628 g/mol. The number of nitrogens with one attached hydrogen (secondary N) is 3. The van der Waals surface area contributed by atoms with Gasteiger partial charge in [-0.1, -0.05) is 55.4 Å². The van der Waals surface area contributed by atoms with E-state index in [0.717, 1.165) is 37.7 Å². The van der Waals surface area contributed by atoms with Crippen molar-refractivity contribution < 1.29 is 23.0 Å². The third-order valence-electron chi connectivity index (χ3n) is 9.26. The van der Waals surface area contributed by atoms with Crippen molar-refractivity contribution in [3.05, 3.63) is 60.1 Å². The lowest BCUT2D eigenvalue weighted by atomic mass is 9.60. The maximum atomic E-state index is 13.5. The van der Waals surface area contributed by atoms with Gasteiger partial charge in [0, 0.05) is 53.6 Å². The molecule has 0 unspecified atom stereocenters. The van der Waals surface area contributed by atoms with Crippen LogP contribution in [0.4, 0.5) is 26.1 Å². The molecule has 0 bridgehead atoms. The minimum Gasteiger partial charge on any atom is -0.493 e. The van der Waals surface area contributed by atoms with Gasteiger partial charge < -0.3 is 20.1 Å². The van der Waals surface area contributed by atoms with Crippen molar-refractivity contribution in [2.24, 2.45) is 16.7 Å². The Morgan fingerprint density at radius 1 is 0.939 bits per heavy atom. The Morgan fingerprint density at radius 2 is 1.61 bits per heavy atom. The minimum absolute atomic E-state index is 0.0299. The second-order valence-electron chi connectivity index (χ2n) is 15.1. The van der Waals surface area contributed by atoms with Gasteiger partial charge in [-0.3, -0.25) is 14.8 Å². The molecule has 0 saturated carbocycles. The van der Waals surface area contributed by atoms with E-state index >= 15 is 0 Å². The number of carbonyl (C=O) groups excluding carboxylic acids is 1. The number of fused-ring (bicyclic) bond motifs is 1. The zero-order valence-electron chi connectivity index (χ0n) is 30.4. The van der Waals surface area contributed by atoms with Crippen molar-refractivity contribution in [1.82, 2.24) is 25.1 Å². The molecule has 0 aliphatic heterocycles. The maximum Gasteiger partial charge on any atom is 0.230 e. The third-order valence-corrected chi connectivity index (χ3v) is 9.26. The average molecular weight is 680 g/mol. The highest BCUT2D eigenvalue weighted by molar-refractivity contribution is 5.93. The SMILES string of the molecule is COc1cc2c(Nc3cc(CC(=O)Nc4cc(F)cc(F)c4)[nH]n3)ncnc2cc1OCCCN(CC(C)C)C(C)(C(C)(C)C)C(C)(C)C. The van der Waals surface area contributed by atoms with Crippen molar-refractivity contribution in [2.75, 3.05) is 37.4 Å². The number of hydrogen-bond donors (Lipinski definition) is 3. The Morgan fingerprint density at radius 3 is 2.22 bits per heavy atom. The Labute approximate surface area is 288 Å². The molecule has 0 saturated heterocycles. The Balaban J connectivity index is 1.44. The number of hydrogen-bond acceptors (Lipinski definition) is 8. The number of anilines is 3. The van der Waals surface area contributed by atoms with Crippen molar-refractivity contribution in [1.29, 1.82) is 0 Å². The van der Waals surface area contributed by atoms with Gasteiger partial charge >= 0.3 is 0 Å². The molecular formula is C37H51F2N7O3. The van der Waals surface area contributed by atoms with Crippen LogP contribution in [0.3, 0.4) is 0 Å². The van der Waals surface area contributed by atoms with Crippen LogP contribution in [-0.2, 0) is 11.2 Å². The summed E-state index contributed by atoms with van der Waals surface area (Å²) >= 11 is 0. The molecule has 4 aromatic rings. The van der Waals surface area contributed by atoms with Gasteiger partial charge in [0.05, 0.1) is 25.7 Å². The molecule has 2 aromatic heterocycles. The van der Waals surface area contributed by atoms with Crippen molar-refractivity contribution in [3.8, 4) is 11.5 Å². The van der Waals surface area contributed by atoms with Crippen molar-refractivity contribution in [3.63, 3.8) is 0 Å². The number of benzene rings is 2. The van der Waals surface area contributed by atoms with Crippen molar-refractivity contribution >= 4 is 34.1 Å². The number of amides is 1. The van der Waals surface area contributed by atoms with Gasteiger partial charge in [0.25, 0.3) is 0 Å². The van der Waals surface area contributed by atoms with Crippen LogP contribution in [-0.4, -0.2) is 63.3 Å². The van der Waals surface area contributed by atoms with E-state index in [1.54, 1.807) is 13.2 Å². The highest BCUT2D eigenvalue weighted by Crippen LogP contribution is 2.48. The van der Waals surface area contributed by atoms with E-state index in [0.29, 0.717) is 52.3 Å². The van der Waals surface area contributed by atoms with E-state index in [1.165, 1.54) is 6.33 Å². The first-order valence-electron chi connectivity index (χ1n) is 16.7. The molecule has 2 aromatic carbocycles. The summed E-state index contributed by atoms with van der Waals surface area (Å²) in [6.45, 7) is 23.3. The van der Waals surface area contributed by atoms with Crippen LogP contribution in [0.1, 0.15) is 74.4 Å². The van der Waals surface area contributed by atoms with Gasteiger partial charge in [0.15, 0.2) is 17.3 Å². The number of carbonyl (C=O) groups is 1. The van der Waals surface area contributed by atoms with Crippen LogP contribution in [0, 0.1) is 28.4 Å². The van der Waals surface area contributed by atoms with E-state index in [-0.39, 0.29) is 28.5 Å². The summed E-state index contributed by atoms with van der Waals surface area (Å²) in [6.07, 6.45) is 2.20. The molecule has 0 atom stereocenters.